The standard InChI is InChI=1S/C17H21ClF3NO2/c18-13-2-1-3-14(15(13)17(19,20)21)24-16(12-4-7-22-10-12)11-5-8-23-9-6-11/h1-3,11-12,16,22H,4-10H2/t12-,16-/m0/s1. The Bertz CT molecular complexity index is 555. The fourth-order valence-corrected chi connectivity index (χ4v) is 3.88. The molecule has 3 nitrogen and oxygen atoms in total. The van der Waals surface area contributed by atoms with Crippen molar-refractivity contribution in [2.24, 2.45) is 11.8 Å². The summed E-state index contributed by atoms with van der Waals surface area (Å²) in [7, 11) is 0. The van der Waals surface area contributed by atoms with Crippen LogP contribution in [0.4, 0.5) is 13.2 Å². The second-order valence-electron chi connectivity index (χ2n) is 6.40. The molecule has 1 aromatic carbocycles. The molecule has 0 radical (unpaired) electrons. The third-order valence-electron chi connectivity index (χ3n) is 4.82. The molecule has 1 N–H and O–H groups in total. The van der Waals surface area contributed by atoms with Crippen LogP contribution in [0.2, 0.25) is 5.02 Å². The predicted octanol–water partition coefficient (Wildman–Crippen LogP) is 4.14. The minimum atomic E-state index is -4.54. The number of benzene rings is 1. The van der Waals surface area contributed by atoms with Crippen molar-refractivity contribution in [3.05, 3.63) is 28.8 Å². The largest absolute Gasteiger partial charge is 0.489 e. The first-order chi connectivity index (χ1) is 11.5. The van der Waals surface area contributed by atoms with Gasteiger partial charge in [0.15, 0.2) is 0 Å². The summed E-state index contributed by atoms with van der Waals surface area (Å²) in [5.74, 6) is 0.232. The predicted molar refractivity (Wildman–Crippen MR) is 85.4 cm³/mol. The lowest BCUT2D eigenvalue weighted by atomic mass is 9.85. The third-order valence-corrected chi connectivity index (χ3v) is 5.13. The summed E-state index contributed by atoms with van der Waals surface area (Å²) in [6.45, 7) is 2.90. The van der Waals surface area contributed by atoms with Crippen LogP contribution in [-0.4, -0.2) is 32.4 Å². The fourth-order valence-electron chi connectivity index (χ4n) is 3.60. The molecular weight excluding hydrogens is 343 g/mol. The van der Waals surface area contributed by atoms with Crippen molar-refractivity contribution in [3.63, 3.8) is 0 Å². The van der Waals surface area contributed by atoms with Crippen molar-refractivity contribution < 1.29 is 22.6 Å². The van der Waals surface area contributed by atoms with Gasteiger partial charge >= 0.3 is 6.18 Å². The first-order valence-corrected chi connectivity index (χ1v) is 8.65. The van der Waals surface area contributed by atoms with Gasteiger partial charge in [0.2, 0.25) is 0 Å². The molecule has 2 fully saturated rings. The molecule has 2 aliphatic rings. The van der Waals surface area contributed by atoms with Gasteiger partial charge in [0.1, 0.15) is 17.4 Å². The number of halogens is 4. The summed E-state index contributed by atoms with van der Waals surface area (Å²) in [5, 5.41) is 2.95. The van der Waals surface area contributed by atoms with Crippen LogP contribution in [0.3, 0.4) is 0 Å². The number of nitrogens with one attached hydrogen (secondary N) is 1. The number of alkyl halides is 3. The van der Waals surface area contributed by atoms with E-state index in [2.05, 4.69) is 5.32 Å². The summed E-state index contributed by atoms with van der Waals surface area (Å²) in [4.78, 5) is 0. The molecule has 2 aliphatic heterocycles. The van der Waals surface area contributed by atoms with Crippen LogP contribution in [0.25, 0.3) is 0 Å². The second-order valence-corrected chi connectivity index (χ2v) is 6.80. The Morgan fingerprint density at radius 1 is 1.17 bits per heavy atom. The van der Waals surface area contributed by atoms with E-state index in [0.29, 0.717) is 13.2 Å². The smallest absolute Gasteiger partial charge is 0.421 e. The number of hydrogen-bond acceptors (Lipinski definition) is 3. The summed E-state index contributed by atoms with van der Waals surface area (Å²) in [5.41, 5.74) is -0.880. The quantitative estimate of drug-likeness (QED) is 0.872. The normalized spacial score (nSPS) is 24.1. The topological polar surface area (TPSA) is 30.5 Å². The number of rotatable bonds is 4. The van der Waals surface area contributed by atoms with Crippen LogP contribution >= 0.6 is 11.6 Å². The van der Waals surface area contributed by atoms with Crippen molar-refractivity contribution in [2.45, 2.75) is 31.5 Å². The lowest BCUT2D eigenvalue weighted by Crippen LogP contribution is -2.39. The van der Waals surface area contributed by atoms with Crippen molar-refractivity contribution in [3.8, 4) is 5.75 Å². The maximum atomic E-state index is 13.4. The summed E-state index contributed by atoms with van der Waals surface area (Å²) in [6, 6.07) is 4.11. The molecule has 0 unspecified atom stereocenters. The Balaban J connectivity index is 1.88. The molecule has 24 heavy (non-hydrogen) atoms. The van der Waals surface area contributed by atoms with Gasteiger partial charge in [-0.15, -0.1) is 0 Å². The molecule has 0 amide bonds. The highest BCUT2D eigenvalue weighted by Crippen LogP contribution is 2.42. The van der Waals surface area contributed by atoms with E-state index in [4.69, 9.17) is 21.1 Å². The second kappa shape index (κ2) is 7.50. The Morgan fingerprint density at radius 3 is 2.54 bits per heavy atom. The molecule has 2 heterocycles. The van der Waals surface area contributed by atoms with E-state index in [1.807, 2.05) is 0 Å². The highest BCUT2D eigenvalue weighted by molar-refractivity contribution is 6.31. The van der Waals surface area contributed by atoms with Crippen molar-refractivity contribution in [1.29, 1.82) is 0 Å². The van der Waals surface area contributed by atoms with Gasteiger partial charge in [-0.3, -0.25) is 0 Å². The first kappa shape index (κ1) is 17.8. The van der Waals surface area contributed by atoms with Gasteiger partial charge in [-0.05, 0) is 37.9 Å². The van der Waals surface area contributed by atoms with Crippen LogP contribution in [0.15, 0.2) is 18.2 Å². The Kier molecular flexibility index (Phi) is 5.57. The average molecular weight is 364 g/mol. The van der Waals surface area contributed by atoms with Gasteiger partial charge in [0.25, 0.3) is 0 Å². The minimum absolute atomic E-state index is 0.168. The van der Waals surface area contributed by atoms with E-state index in [1.54, 1.807) is 0 Å². The van der Waals surface area contributed by atoms with Crippen LogP contribution in [0.1, 0.15) is 24.8 Å². The SMILES string of the molecule is FC(F)(F)c1c(Cl)cccc1O[C@@H](C1CCOCC1)[C@H]1CCNC1. The van der Waals surface area contributed by atoms with Gasteiger partial charge in [-0.2, -0.15) is 13.2 Å². The van der Waals surface area contributed by atoms with Gasteiger partial charge < -0.3 is 14.8 Å². The van der Waals surface area contributed by atoms with Crippen LogP contribution < -0.4 is 10.1 Å². The van der Waals surface area contributed by atoms with Crippen LogP contribution in [-0.2, 0) is 10.9 Å². The molecule has 0 aromatic heterocycles. The summed E-state index contributed by atoms with van der Waals surface area (Å²) >= 11 is 5.81. The zero-order chi connectivity index (χ0) is 17.2. The third kappa shape index (κ3) is 3.98. The molecular formula is C17H21ClF3NO2. The highest BCUT2D eigenvalue weighted by atomic mass is 35.5. The Hall–Kier alpha value is -0.980. The number of ether oxygens (including phenoxy) is 2. The van der Waals surface area contributed by atoms with Crippen LogP contribution in [0, 0.1) is 11.8 Å². The van der Waals surface area contributed by atoms with E-state index in [1.165, 1.54) is 18.2 Å². The molecule has 7 heteroatoms. The van der Waals surface area contributed by atoms with E-state index in [-0.39, 0.29) is 28.7 Å². The summed E-state index contributed by atoms with van der Waals surface area (Å²) < 4.78 is 51.5. The first-order valence-electron chi connectivity index (χ1n) is 8.27. The van der Waals surface area contributed by atoms with E-state index >= 15 is 0 Å². The Labute approximate surface area is 144 Å². The maximum Gasteiger partial charge on any atom is 0.421 e. The molecule has 134 valence electrons. The fraction of sp³-hybridized carbons (Fsp3) is 0.647. The molecule has 1 aromatic rings. The molecule has 2 saturated heterocycles. The average Bonchev–Trinajstić information content (AvgIpc) is 3.06. The zero-order valence-electron chi connectivity index (χ0n) is 13.2. The highest BCUT2D eigenvalue weighted by Gasteiger charge is 2.40. The van der Waals surface area contributed by atoms with Gasteiger partial charge in [-0.25, -0.2) is 0 Å². The lowest BCUT2D eigenvalue weighted by molar-refractivity contribution is -0.139. The van der Waals surface area contributed by atoms with Crippen molar-refractivity contribution in [2.75, 3.05) is 26.3 Å². The molecule has 2 atom stereocenters. The van der Waals surface area contributed by atoms with Gasteiger partial charge in [0, 0.05) is 31.6 Å². The van der Waals surface area contributed by atoms with E-state index < -0.39 is 11.7 Å². The molecule has 0 saturated carbocycles. The lowest BCUT2D eigenvalue weighted by Gasteiger charge is -2.35. The number of hydrogen-bond donors (Lipinski definition) is 1. The van der Waals surface area contributed by atoms with Crippen LogP contribution in [0.5, 0.6) is 5.75 Å². The summed E-state index contributed by atoms with van der Waals surface area (Å²) in [6.07, 6.45) is -2.28. The van der Waals surface area contributed by atoms with Crippen molar-refractivity contribution in [1.82, 2.24) is 5.32 Å². The molecule has 0 spiro atoms. The van der Waals surface area contributed by atoms with E-state index in [9.17, 15) is 13.2 Å². The molecule has 0 bridgehead atoms. The van der Waals surface area contributed by atoms with Crippen molar-refractivity contribution >= 4 is 11.6 Å². The zero-order valence-corrected chi connectivity index (χ0v) is 14.0. The van der Waals surface area contributed by atoms with Gasteiger partial charge in [0.05, 0.1) is 5.02 Å². The Morgan fingerprint density at radius 2 is 1.92 bits per heavy atom. The molecule has 0 aliphatic carbocycles. The maximum absolute atomic E-state index is 13.4. The minimum Gasteiger partial charge on any atom is -0.489 e. The molecule has 3 rings (SSSR count). The van der Waals surface area contributed by atoms with Gasteiger partial charge in [-0.1, -0.05) is 17.7 Å². The van der Waals surface area contributed by atoms with E-state index in [0.717, 1.165) is 32.4 Å². The monoisotopic (exact) mass is 363 g/mol.